The van der Waals surface area contributed by atoms with E-state index in [4.69, 9.17) is 9.51 Å². The fourth-order valence-electron chi connectivity index (χ4n) is 3.80. The van der Waals surface area contributed by atoms with E-state index in [0.29, 0.717) is 33.9 Å². The van der Waals surface area contributed by atoms with Crippen LogP contribution in [0.1, 0.15) is 39.1 Å². The summed E-state index contributed by atoms with van der Waals surface area (Å²) in [6.45, 7) is 9.05. The van der Waals surface area contributed by atoms with Crippen molar-refractivity contribution in [2.24, 2.45) is 0 Å². The van der Waals surface area contributed by atoms with E-state index in [9.17, 15) is 4.79 Å². The molecule has 0 fully saturated rings. The summed E-state index contributed by atoms with van der Waals surface area (Å²) in [6.07, 6.45) is 0. The SMILES string of the molecule is CCn1c(SCc2nc(-c3ccc(C(C)(C)C)cc3)no2)nc2cc(-c3ccccc3)sc2c1=O. The third kappa shape index (κ3) is 4.81. The largest absolute Gasteiger partial charge is 0.338 e. The van der Waals surface area contributed by atoms with Gasteiger partial charge in [0, 0.05) is 17.0 Å². The number of aromatic nitrogens is 4. The molecule has 0 saturated heterocycles. The summed E-state index contributed by atoms with van der Waals surface area (Å²) in [5.41, 5.74) is 4.04. The van der Waals surface area contributed by atoms with Crippen LogP contribution in [0, 0.1) is 0 Å². The van der Waals surface area contributed by atoms with Crippen LogP contribution in [0.3, 0.4) is 0 Å². The zero-order valence-electron chi connectivity index (χ0n) is 20.1. The maximum atomic E-state index is 13.2. The van der Waals surface area contributed by atoms with Crippen LogP contribution in [0.25, 0.3) is 32.0 Å². The summed E-state index contributed by atoms with van der Waals surface area (Å²) in [7, 11) is 0. The number of fused-ring (bicyclic) bond motifs is 1. The van der Waals surface area contributed by atoms with Gasteiger partial charge in [-0.05, 0) is 29.5 Å². The van der Waals surface area contributed by atoms with Crippen LogP contribution in [0.5, 0.6) is 0 Å². The molecule has 5 rings (SSSR count). The van der Waals surface area contributed by atoms with Gasteiger partial charge in [0.25, 0.3) is 5.56 Å². The Morgan fingerprint density at radius 2 is 1.74 bits per heavy atom. The Morgan fingerprint density at radius 1 is 1.00 bits per heavy atom. The number of hydrogen-bond donors (Lipinski definition) is 0. The number of thioether (sulfide) groups is 1. The van der Waals surface area contributed by atoms with E-state index >= 15 is 0 Å². The molecule has 0 spiro atoms. The molecule has 8 heteroatoms. The van der Waals surface area contributed by atoms with Crippen molar-refractivity contribution in [3.63, 3.8) is 0 Å². The molecule has 3 heterocycles. The zero-order chi connectivity index (χ0) is 24.6. The van der Waals surface area contributed by atoms with Gasteiger partial charge >= 0.3 is 0 Å². The minimum Gasteiger partial charge on any atom is -0.338 e. The fourth-order valence-corrected chi connectivity index (χ4v) is 5.75. The lowest BCUT2D eigenvalue weighted by molar-refractivity contribution is 0.391. The summed E-state index contributed by atoms with van der Waals surface area (Å²) in [6, 6.07) is 20.3. The molecular formula is C27H26N4O2S2. The van der Waals surface area contributed by atoms with Crippen molar-refractivity contribution >= 4 is 33.3 Å². The molecule has 2 aromatic carbocycles. The van der Waals surface area contributed by atoms with Gasteiger partial charge in [0.2, 0.25) is 11.7 Å². The van der Waals surface area contributed by atoms with E-state index in [2.05, 4.69) is 43.0 Å². The van der Waals surface area contributed by atoms with E-state index in [0.717, 1.165) is 21.5 Å². The Labute approximate surface area is 212 Å². The number of thiophene rings is 1. The molecule has 6 nitrogen and oxygen atoms in total. The normalized spacial score (nSPS) is 11.9. The second kappa shape index (κ2) is 9.43. The minimum absolute atomic E-state index is 0.0164. The number of nitrogens with zero attached hydrogens (tertiary/aromatic N) is 4. The van der Waals surface area contributed by atoms with Crippen molar-refractivity contribution in [3.8, 4) is 21.8 Å². The van der Waals surface area contributed by atoms with Crippen LogP contribution < -0.4 is 5.56 Å². The smallest absolute Gasteiger partial charge is 0.272 e. The van der Waals surface area contributed by atoms with E-state index in [1.807, 2.05) is 55.5 Å². The maximum absolute atomic E-state index is 13.2. The van der Waals surface area contributed by atoms with Crippen molar-refractivity contribution < 1.29 is 4.52 Å². The van der Waals surface area contributed by atoms with Crippen molar-refractivity contribution in [1.82, 2.24) is 19.7 Å². The first-order valence-corrected chi connectivity index (χ1v) is 13.3. The quantitative estimate of drug-likeness (QED) is 0.188. The van der Waals surface area contributed by atoms with Crippen LogP contribution in [-0.4, -0.2) is 19.7 Å². The van der Waals surface area contributed by atoms with E-state index in [1.165, 1.54) is 28.7 Å². The average molecular weight is 503 g/mol. The van der Waals surface area contributed by atoms with Crippen LogP contribution in [0.4, 0.5) is 0 Å². The highest BCUT2D eigenvalue weighted by Crippen LogP contribution is 2.32. The summed E-state index contributed by atoms with van der Waals surface area (Å²) in [4.78, 5) is 23.6. The third-order valence-corrected chi connectivity index (χ3v) is 7.90. The molecule has 5 aromatic rings. The third-order valence-electron chi connectivity index (χ3n) is 5.78. The van der Waals surface area contributed by atoms with Gasteiger partial charge in [-0.1, -0.05) is 92.3 Å². The molecule has 0 aliphatic carbocycles. The highest BCUT2D eigenvalue weighted by molar-refractivity contribution is 7.98. The van der Waals surface area contributed by atoms with Crippen LogP contribution in [0.15, 0.2) is 75.1 Å². The number of benzene rings is 2. The standard InChI is InChI=1S/C27H26N4O2S2/c1-5-31-25(32)23-20(15-21(35-23)17-9-7-6-8-10-17)28-26(31)34-16-22-29-24(30-33-22)18-11-13-19(14-12-18)27(2,3)4/h6-15H,5,16H2,1-4H3. The summed E-state index contributed by atoms with van der Waals surface area (Å²) in [5, 5.41) is 4.80. The fraction of sp³-hybridized carbons (Fsp3) is 0.259. The first-order valence-electron chi connectivity index (χ1n) is 11.5. The van der Waals surface area contributed by atoms with Crippen molar-refractivity contribution in [1.29, 1.82) is 0 Å². The predicted molar refractivity (Wildman–Crippen MR) is 143 cm³/mol. The van der Waals surface area contributed by atoms with Gasteiger partial charge in [-0.2, -0.15) is 4.98 Å². The van der Waals surface area contributed by atoms with Crippen LogP contribution in [0.2, 0.25) is 0 Å². The van der Waals surface area contributed by atoms with Gasteiger partial charge < -0.3 is 4.52 Å². The van der Waals surface area contributed by atoms with Gasteiger partial charge in [0.05, 0.1) is 11.3 Å². The van der Waals surface area contributed by atoms with Crippen molar-refractivity contribution in [2.45, 2.75) is 50.6 Å². The molecule has 0 aliphatic rings. The Balaban J connectivity index is 1.38. The molecule has 0 amide bonds. The van der Waals surface area contributed by atoms with Crippen molar-refractivity contribution in [3.05, 3.63) is 82.5 Å². The molecule has 0 N–H and O–H groups in total. The second-order valence-electron chi connectivity index (χ2n) is 9.26. The predicted octanol–water partition coefficient (Wildman–Crippen LogP) is 6.78. The molecular weight excluding hydrogens is 476 g/mol. The summed E-state index contributed by atoms with van der Waals surface area (Å²) < 4.78 is 7.88. The van der Waals surface area contributed by atoms with Crippen LogP contribution in [-0.2, 0) is 17.7 Å². The second-order valence-corrected chi connectivity index (χ2v) is 11.3. The highest BCUT2D eigenvalue weighted by Gasteiger charge is 2.17. The van der Waals surface area contributed by atoms with Gasteiger partial charge in [0.1, 0.15) is 4.70 Å². The first-order chi connectivity index (χ1) is 16.8. The molecule has 178 valence electrons. The average Bonchev–Trinajstić information content (AvgIpc) is 3.51. The Kier molecular flexibility index (Phi) is 6.34. The lowest BCUT2D eigenvalue weighted by atomic mass is 9.87. The molecule has 0 bridgehead atoms. The molecule has 0 unspecified atom stereocenters. The lowest BCUT2D eigenvalue weighted by Crippen LogP contribution is -2.21. The molecule has 35 heavy (non-hydrogen) atoms. The summed E-state index contributed by atoms with van der Waals surface area (Å²) >= 11 is 2.92. The number of rotatable bonds is 6. The monoisotopic (exact) mass is 502 g/mol. The van der Waals surface area contributed by atoms with E-state index in [1.54, 1.807) is 4.57 Å². The summed E-state index contributed by atoms with van der Waals surface area (Å²) in [5.74, 6) is 1.49. The van der Waals surface area contributed by atoms with Gasteiger partial charge in [-0.25, -0.2) is 4.98 Å². The van der Waals surface area contributed by atoms with E-state index < -0.39 is 0 Å². The number of hydrogen-bond acceptors (Lipinski definition) is 7. The Bertz CT molecular complexity index is 1530. The van der Waals surface area contributed by atoms with Crippen LogP contribution >= 0.6 is 23.1 Å². The molecule has 0 aliphatic heterocycles. The molecule has 0 radical (unpaired) electrons. The van der Waals surface area contributed by atoms with Gasteiger partial charge in [-0.3, -0.25) is 9.36 Å². The maximum Gasteiger partial charge on any atom is 0.272 e. The minimum atomic E-state index is -0.0164. The van der Waals surface area contributed by atoms with E-state index in [-0.39, 0.29) is 11.0 Å². The Hall–Kier alpha value is -3.23. The molecule has 0 atom stereocenters. The zero-order valence-corrected chi connectivity index (χ0v) is 21.7. The molecule has 3 aromatic heterocycles. The lowest BCUT2D eigenvalue weighted by Gasteiger charge is -2.18. The van der Waals surface area contributed by atoms with Crippen molar-refractivity contribution in [2.75, 3.05) is 0 Å². The highest BCUT2D eigenvalue weighted by atomic mass is 32.2. The first kappa shape index (κ1) is 23.5. The van der Waals surface area contributed by atoms with Gasteiger partial charge in [-0.15, -0.1) is 11.3 Å². The molecule has 0 saturated carbocycles. The Morgan fingerprint density at radius 3 is 2.43 bits per heavy atom. The van der Waals surface area contributed by atoms with Gasteiger partial charge in [0.15, 0.2) is 5.16 Å². The topological polar surface area (TPSA) is 73.8 Å².